The van der Waals surface area contributed by atoms with E-state index in [2.05, 4.69) is 11.6 Å². The third kappa shape index (κ3) is 3.63. The molecule has 2 N–H and O–H groups in total. The number of hydrogen-bond donors (Lipinski definition) is 2. The van der Waals surface area contributed by atoms with Crippen LogP contribution in [0.1, 0.15) is 11.6 Å². The molecule has 0 saturated carbocycles. The number of nitrogens with zero attached hydrogens (tertiary/aromatic N) is 2. The van der Waals surface area contributed by atoms with Crippen LogP contribution in [0.15, 0.2) is 37.2 Å². The second-order valence-corrected chi connectivity index (χ2v) is 4.08. The molecule has 1 atom stereocenters. The highest BCUT2D eigenvalue weighted by Crippen LogP contribution is 2.26. The molecule has 0 amide bonds. The first kappa shape index (κ1) is 13.8. The minimum absolute atomic E-state index is 0.0580. The van der Waals surface area contributed by atoms with Gasteiger partial charge in [-0.1, -0.05) is 12.1 Å². The van der Waals surface area contributed by atoms with Crippen molar-refractivity contribution in [2.24, 2.45) is 5.92 Å². The first-order chi connectivity index (χ1) is 8.24. The number of likely N-dealkylation sites (N-methyl/N-ethyl adjacent to an activating group) is 1. The van der Waals surface area contributed by atoms with Crippen molar-refractivity contribution in [2.75, 3.05) is 26.8 Å². The summed E-state index contributed by atoms with van der Waals surface area (Å²) < 4.78 is 0. The topological polar surface area (TPSA) is 56.6 Å². The van der Waals surface area contributed by atoms with Gasteiger partial charge in [0.2, 0.25) is 0 Å². The lowest BCUT2D eigenvalue weighted by atomic mass is 9.94. The fraction of sp³-hybridized carbons (Fsp3) is 0.462. The summed E-state index contributed by atoms with van der Waals surface area (Å²) in [6.07, 6.45) is 5.28. The number of aliphatic hydroxyl groups excluding tert-OH is 2. The van der Waals surface area contributed by atoms with Gasteiger partial charge in [0.05, 0.1) is 0 Å². The van der Waals surface area contributed by atoms with Crippen molar-refractivity contribution in [3.63, 3.8) is 0 Å². The molecule has 0 aliphatic carbocycles. The van der Waals surface area contributed by atoms with Crippen molar-refractivity contribution in [3.05, 3.63) is 42.7 Å². The van der Waals surface area contributed by atoms with E-state index in [1.165, 1.54) is 0 Å². The summed E-state index contributed by atoms with van der Waals surface area (Å²) in [6, 6.07) is 3.75. The van der Waals surface area contributed by atoms with Gasteiger partial charge < -0.3 is 10.2 Å². The predicted molar refractivity (Wildman–Crippen MR) is 67.5 cm³/mol. The van der Waals surface area contributed by atoms with Crippen LogP contribution in [0.25, 0.3) is 0 Å². The maximum atomic E-state index is 9.34. The van der Waals surface area contributed by atoms with E-state index in [0.717, 1.165) is 5.56 Å². The number of aromatic nitrogens is 1. The van der Waals surface area contributed by atoms with Crippen LogP contribution in [0.3, 0.4) is 0 Å². The molecule has 94 valence electrons. The molecule has 17 heavy (non-hydrogen) atoms. The Morgan fingerprint density at radius 2 is 2.18 bits per heavy atom. The van der Waals surface area contributed by atoms with Gasteiger partial charge in [0.1, 0.15) is 0 Å². The van der Waals surface area contributed by atoms with Gasteiger partial charge in [-0.15, -0.1) is 6.58 Å². The fourth-order valence-electron chi connectivity index (χ4n) is 2.01. The molecular formula is C13H20N2O2. The Kier molecular flexibility index (Phi) is 5.83. The van der Waals surface area contributed by atoms with E-state index in [4.69, 9.17) is 0 Å². The van der Waals surface area contributed by atoms with Crippen LogP contribution in [0, 0.1) is 5.92 Å². The van der Waals surface area contributed by atoms with Crippen LogP contribution in [0.5, 0.6) is 0 Å². The molecule has 0 radical (unpaired) electrons. The lowest BCUT2D eigenvalue weighted by Crippen LogP contribution is -2.34. The zero-order chi connectivity index (χ0) is 12.7. The molecule has 0 fully saturated rings. The van der Waals surface area contributed by atoms with E-state index in [9.17, 15) is 10.2 Å². The van der Waals surface area contributed by atoms with Gasteiger partial charge in [-0.25, -0.2) is 0 Å². The lowest BCUT2D eigenvalue weighted by Gasteiger charge is -2.32. The zero-order valence-corrected chi connectivity index (χ0v) is 10.2. The molecule has 4 heteroatoms. The first-order valence-corrected chi connectivity index (χ1v) is 5.67. The Morgan fingerprint density at radius 3 is 2.65 bits per heavy atom. The second-order valence-electron chi connectivity index (χ2n) is 4.08. The highest BCUT2D eigenvalue weighted by molar-refractivity contribution is 5.15. The molecule has 1 aromatic heterocycles. The van der Waals surface area contributed by atoms with Crippen LogP contribution >= 0.6 is 0 Å². The quantitative estimate of drug-likeness (QED) is 0.689. The first-order valence-electron chi connectivity index (χ1n) is 5.67. The van der Waals surface area contributed by atoms with Gasteiger partial charge >= 0.3 is 0 Å². The summed E-state index contributed by atoms with van der Waals surface area (Å²) >= 11 is 0. The molecule has 1 heterocycles. The molecular weight excluding hydrogens is 216 g/mol. The van der Waals surface area contributed by atoms with E-state index in [0.29, 0.717) is 6.54 Å². The van der Waals surface area contributed by atoms with Gasteiger partial charge in [-0.3, -0.25) is 9.88 Å². The highest BCUT2D eigenvalue weighted by Gasteiger charge is 2.25. The Labute approximate surface area is 102 Å². The van der Waals surface area contributed by atoms with Gasteiger partial charge in [0.25, 0.3) is 0 Å². The molecule has 1 rings (SSSR count). The molecule has 1 aromatic rings. The molecule has 0 aliphatic heterocycles. The van der Waals surface area contributed by atoms with E-state index in [-0.39, 0.29) is 25.2 Å². The third-order valence-electron chi connectivity index (χ3n) is 2.83. The maximum absolute atomic E-state index is 9.34. The van der Waals surface area contributed by atoms with Crippen molar-refractivity contribution in [3.8, 4) is 0 Å². The summed E-state index contributed by atoms with van der Waals surface area (Å²) in [5, 5.41) is 18.7. The van der Waals surface area contributed by atoms with Gasteiger partial charge in [-0.05, 0) is 18.7 Å². The van der Waals surface area contributed by atoms with Crippen molar-refractivity contribution >= 4 is 0 Å². The minimum Gasteiger partial charge on any atom is -0.396 e. The van der Waals surface area contributed by atoms with Crippen LogP contribution in [0.4, 0.5) is 0 Å². The average molecular weight is 236 g/mol. The van der Waals surface area contributed by atoms with E-state index >= 15 is 0 Å². The van der Waals surface area contributed by atoms with E-state index < -0.39 is 0 Å². The number of aliphatic hydroxyl groups is 2. The molecule has 0 bridgehead atoms. The predicted octanol–water partition coefficient (Wildman–Crippen LogP) is 0.841. The standard InChI is InChI=1S/C13H20N2O2/c1-3-7-15(2)13(12(9-16)10-17)11-5-4-6-14-8-11/h3-6,8,12-13,16-17H,1,7,9-10H2,2H3. The second kappa shape index (κ2) is 7.17. The van der Waals surface area contributed by atoms with Crippen LogP contribution in [-0.2, 0) is 0 Å². The van der Waals surface area contributed by atoms with Crippen molar-refractivity contribution < 1.29 is 10.2 Å². The van der Waals surface area contributed by atoms with Gasteiger partial charge in [0.15, 0.2) is 0 Å². The zero-order valence-electron chi connectivity index (χ0n) is 10.2. The largest absolute Gasteiger partial charge is 0.396 e. The highest BCUT2D eigenvalue weighted by atomic mass is 16.3. The lowest BCUT2D eigenvalue weighted by molar-refractivity contribution is 0.0746. The molecule has 1 unspecified atom stereocenters. The summed E-state index contributed by atoms with van der Waals surface area (Å²) in [6.45, 7) is 4.28. The number of rotatable bonds is 7. The Hall–Kier alpha value is -1.23. The van der Waals surface area contributed by atoms with Crippen molar-refractivity contribution in [1.82, 2.24) is 9.88 Å². The monoisotopic (exact) mass is 236 g/mol. The van der Waals surface area contributed by atoms with E-state index in [1.54, 1.807) is 18.5 Å². The van der Waals surface area contributed by atoms with Crippen LogP contribution in [0.2, 0.25) is 0 Å². The van der Waals surface area contributed by atoms with Gasteiger partial charge in [-0.2, -0.15) is 0 Å². The summed E-state index contributed by atoms with van der Waals surface area (Å²) in [4.78, 5) is 6.13. The fourth-order valence-corrected chi connectivity index (χ4v) is 2.01. The van der Waals surface area contributed by atoms with Gasteiger partial charge in [0, 0.05) is 44.1 Å². The smallest absolute Gasteiger partial charge is 0.0499 e. The molecule has 0 saturated heterocycles. The maximum Gasteiger partial charge on any atom is 0.0499 e. The normalized spacial score (nSPS) is 13.0. The van der Waals surface area contributed by atoms with Crippen LogP contribution < -0.4 is 0 Å². The minimum atomic E-state index is -0.218. The summed E-state index contributed by atoms with van der Waals surface area (Å²) in [7, 11) is 1.94. The molecule has 0 aliphatic rings. The van der Waals surface area contributed by atoms with E-state index in [1.807, 2.05) is 24.1 Å². The summed E-state index contributed by atoms with van der Waals surface area (Å²) in [5.74, 6) is -0.218. The van der Waals surface area contributed by atoms with Crippen LogP contribution in [-0.4, -0.2) is 46.9 Å². The Bertz CT molecular complexity index is 325. The SMILES string of the molecule is C=CCN(C)C(c1cccnc1)C(CO)CO. The molecule has 4 nitrogen and oxygen atoms in total. The Morgan fingerprint density at radius 1 is 1.47 bits per heavy atom. The molecule has 0 aromatic carbocycles. The molecule has 0 spiro atoms. The van der Waals surface area contributed by atoms with Crippen molar-refractivity contribution in [1.29, 1.82) is 0 Å². The number of hydrogen-bond acceptors (Lipinski definition) is 4. The third-order valence-corrected chi connectivity index (χ3v) is 2.83. The number of pyridine rings is 1. The Balaban J connectivity index is 2.97. The average Bonchev–Trinajstić information content (AvgIpc) is 2.37. The summed E-state index contributed by atoms with van der Waals surface area (Å²) in [5.41, 5.74) is 0.991. The van der Waals surface area contributed by atoms with Crippen molar-refractivity contribution in [2.45, 2.75) is 6.04 Å².